The normalized spacial score (nSPS) is 15.3. The number of benzene rings is 2. The van der Waals surface area contributed by atoms with E-state index in [1.807, 2.05) is 19.9 Å². The molecular weight excluding hydrogens is 458 g/mol. The fraction of sp³-hybridized carbons (Fsp3) is 0.346. The van der Waals surface area contributed by atoms with Crippen LogP contribution in [0.1, 0.15) is 42.5 Å². The van der Waals surface area contributed by atoms with Gasteiger partial charge in [0, 0.05) is 22.9 Å². The molecule has 0 spiro atoms. The van der Waals surface area contributed by atoms with Crippen molar-refractivity contribution in [3.8, 4) is 5.75 Å². The van der Waals surface area contributed by atoms with Crippen LogP contribution < -0.4 is 15.7 Å². The van der Waals surface area contributed by atoms with E-state index in [0.717, 1.165) is 23.8 Å². The second-order valence-electron chi connectivity index (χ2n) is 9.28. The standard InChI is InChI=1S/C26H26ClNO6/c1-14-18-11-16-8-9-26(2,3)34-21(16)13-22(18)33-25(32)19(14)12-23(29)28-20(24(30)31)10-15-4-6-17(27)7-5-15/h4-7,11,13,20H,8-10,12H2,1-3H3,(H,28,29)(H,30,31)/t20-/m1/s1. The van der Waals surface area contributed by atoms with Crippen molar-refractivity contribution in [2.75, 3.05) is 0 Å². The van der Waals surface area contributed by atoms with E-state index in [0.29, 0.717) is 27.5 Å². The lowest BCUT2D eigenvalue weighted by atomic mass is 9.92. The predicted octanol–water partition coefficient (Wildman–Crippen LogP) is 4.21. The van der Waals surface area contributed by atoms with Gasteiger partial charge < -0.3 is 19.6 Å². The van der Waals surface area contributed by atoms with Crippen LogP contribution in [0.15, 0.2) is 45.6 Å². The molecular formula is C26H26ClNO6. The molecule has 1 amide bonds. The molecule has 7 nitrogen and oxygen atoms in total. The largest absolute Gasteiger partial charge is 0.487 e. The summed E-state index contributed by atoms with van der Waals surface area (Å²) in [6, 6.07) is 9.26. The minimum atomic E-state index is -1.17. The molecule has 3 aromatic rings. The first-order valence-electron chi connectivity index (χ1n) is 11.1. The highest BCUT2D eigenvalue weighted by molar-refractivity contribution is 6.30. The molecule has 1 aliphatic heterocycles. The monoisotopic (exact) mass is 483 g/mol. The molecule has 1 aliphatic rings. The van der Waals surface area contributed by atoms with Crippen molar-refractivity contribution in [2.45, 2.75) is 58.1 Å². The molecule has 34 heavy (non-hydrogen) atoms. The summed E-state index contributed by atoms with van der Waals surface area (Å²) in [7, 11) is 0. The van der Waals surface area contributed by atoms with Crippen molar-refractivity contribution in [3.63, 3.8) is 0 Å². The van der Waals surface area contributed by atoms with Crippen molar-refractivity contribution < 1.29 is 23.8 Å². The van der Waals surface area contributed by atoms with Crippen LogP contribution in [-0.4, -0.2) is 28.6 Å². The van der Waals surface area contributed by atoms with Crippen LogP contribution >= 0.6 is 11.6 Å². The van der Waals surface area contributed by atoms with Gasteiger partial charge in [-0.15, -0.1) is 0 Å². The first-order valence-corrected chi connectivity index (χ1v) is 11.4. The predicted molar refractivity (Wildman–Crippen MR) is 129 cm³/mol. The second kappa shape index (κ2) is 9.14. The highest BCUT2D eigenvalue weighted by Gasteiger charge is 2.28. The van der Waals surface area contributed by atoms with Crippen LogP contribution in [0.3, 0.4) is 0 Å². The number of nitrogens with one attached hydrogen (secondary N) is 1. The third kappa shape index (κ3) is 5.09. The highest BCUT2D eigenvalue weighted by atomic mass is 35.5. The molecule has 2 heterocycles. The van der Waals surface area contributed by atoms with Gasteiger partial charge in [-0.05, 0) is 68.5 Å². The zero-order valence-corrected chi connectivity index (χ0v) is 20.0. The summed E-state index contributed by atoms with van der Waals surface area (Å²) < 4.78 is 11.6. The van der Waals surface area contributed by atoms with Crippen LogP contribution in [0.2, 0.25) is 5.02 Å². The van der Waals surface area contributed by atoms with Crippen molar-refractivity contribution in [2.24, 2.45) is 0 Å². The Morgan fingerprint density at radius 3 is 2.59 bits per heavy atom. The summed E-state index contributed by atoms with van der Waals surface area (Å²) in [4.78, 5) is 37.1. The Labute approximate surface area is 201 Å². The van der Waals surface area contributed by atoms with Gasteiger partial charge in [0.25, 0.3) is 0 Å². The number of rotatable bonds is 6. The summed E-state index contributed by atoms with van der Waals surface area (Å²) in [5, 5.41) is 13.4. The number of carbonyl (C=O) groups excluding carboxylic acids is 1. The smallest absolute Gasteiger partial charge is 0.340 e. The van der Waals surface area contributed by atoms with E-state index >= 15 is 0 Å². The maximum absolute atomic E-state index is 12.7. The van der Waals surface area contributed by atoms with Gasteiger partial charge in [-0.3, -0.25) is 4.79 Å². The van der Waals surface area contributed by atoms with Gasteiger partial charge in [-0.1, -0.05) is 23.7 Å². The molecule has 0 aliphatic carbocycles. The lowest BCUT2D eigenvalue weighted by Gasteiger charge is -2.32. The van der Waals surface area contributed by atoms with Gasteiger partial charge in [-0.25, -0.2) is 9.59 Å². The van der Waals surface area contributed by atoms with Crippen LogP contribution in [0.5, 0.6) is 5.75 Å². The number of carbonyl (C=O) groups is 2. The Hall–Kier alpha value is -3.32. The summed E-state index contributed by atoms with van der Waals surface area (Å²) in [5.41, 5.74) is 2.06. The average molecular weight is 484 g/mol. The fourth-order valence-electron chi connectivity index (χ4n) is 4.20. The number of halogens is 1. The van der Waals surface area contributed by atoms with E-state index < -0.39 is 23.5 Å². The Morgan fingerprint density at radius 1 is 1.21 bits per heavy atom. The lowest BCUT2D eigenvalue weighted by Crippen LogP contribution is -2.43. The minimum Gasteiger partial charge on any atom is -0.487 e. The number of fused-ring (bicyclic) bond motifs is 2. The summed E-state index contributed by atoms with van der Waals surface area (Å²) in [6.07, 6.45) is 1.50. The number of hydrogen-bond donors (Lipinski definition) is 2. The van der Waals surface area contributed by atoms with Crippen molar-refractivity contribution in [1.29, 1.82) is 0 Å². The van der Waals surface area contributed by atoms with Crippen LogP contribution in [0.4, 0.5) is 0 Å². The first kappa shape index (κ1) is 23.8. The lowest BCUT2D eigenvalue weighted by molar-refractivity contribution is -0.141. The zero-order valence-electron chi connectivity index (χ0n) is 19.2. The maximum Gasteiger partial charge on any atom is 0.340 e. The zero-order chi connectivity index (χ0) is 24.6. The molecule has 1 aromatic heterocycles. The number of carboxylic acid groups (broad SMARTS) is 1. The Balaban J connectivity index is 1.57. The Morgan fingerprint density at radius 2 is 1.91 bits per heavy atom. The van der Waals surface area contributed by atoms with Crippen LogP contribution in [0, 0.1) is 6.92 Å². The van der Waals surface area contributed by atoms with Gasteiger partial charge in [0.2, 0.25) is 5.91 Å². The molecule has 0 radical (unpaired) electrons. The van der Waals surface area contributed by atoms with Crippen LogP contribution in [0.25, 0.3) is 11.0 Å². The summed E-state index contributed by atoms with van der Waals surface area (Å²) in [5.74, 6) is -1.04. The van der Waals surface area contributed by atoms with Gasteiger partial charge in [-0.2, -0.15) is 0 Å². The molecule has 0 bridgehead atoms. The maximum atomic E-state index is 12.7. The summed E-state index contributed by atoms with van der Waals surface area (Å²) in [6.45, 7) is 5.80. The molecule has 1 atom stereocenters. The number of ether oxygens (including phenoxy) is 1. The van der Waals surface area contributed by atoms with Crippen molar-refractivity contribution in [1.82, 2.24) is 5.32 Å². The third-order valence-electron chi connectivity index (χ3n) is 6.17. The molecule has 0 saturated carbocycles. The average Bonchev–Trinajstić information content (AvgIpc) is 2.76. The van der Waals surface area contributed by atoms with E-state index in [4.69, 9.17) is 20.8 Å². The van der Waals surface area contributed by atoms with E-state index in [1.165, 1.54) is 0 Å². The molecule has 0 fully saturated rings. The Kier molecular flexibility index (Phi) is 6.41. The molecule has 2 aromatic carbocycles. The topological polar surface area (TPSA) is 106 Å². The van der Waals surface area contributed by atoms with Gasteiger partial charge in [0.05, 0.1) is 12.0 Å². The fourth-order valence-corrected chi connectivity index (χ4v) is 4.33. The van der Waals surface area contributed by atoms with Gasteiger partial charge >= 0.3 is 11.6 Å². The number of amides is 1. The molecule has 178 valence electrons. The quantitative estimate of drug-likeness (QED) is 0.509. The van der Waals surface area contributed by atoms with E-state index in [9.17, 15) is 19.5 Å². The molecule has 2 N–H and O–H groups in total. The van der Waals surface area contributed by atoms with Crippen LogP contribution in [-0.2, 0) is 28.9 Å². The van der Waals surface area contributed by atoms with Gasteiger partial charge in [0.1, 0.15) is 23.0 Å². The molecule has 4 rings (SSSR count). The van der Waals surface area contributed by atoms with Gasteiger partial charge in [0.15, 0.2) is 0 Å². The summed E-state index contributed by atoms with van der Waals surface area (Å²) >= 11 is 5.88. The second-order valence-corrected chi connectivity index (χ2v) is 9.71. The van der Waals surface area contributed by atoms with E-state index in [1.54, 1.807) is 37.3 Å². The van der Waals surface area contributed by atoms with E-state index in [-0.39, 0.29) is 24.0 Å². The Bertz CT molecular complexity index is 1330. The minimum absolute atomic E-state index is 0.0893. The van der Waals surface area contributed by atoms with Crippen molar-refractivity contribution in [3.05, 3.63) is 74.1 Å². The number of hydrogen-bond acceptors (Lipinski definition) is 5. The third-order valence-corrected chi connectivity index (χ3v) is 6.43. The SMILES string of the molecule is Cc1c(CC(=O)N[C@H](Cc2ccc(Cl)cc2)C(=O)O)c(=O)oc2cc3c(cc12)CCC(C)(C)O3. The molecule has 8 heteroatoms. The van der Waals surface area contributed by atoms with E-state index in [2.05, 4.69) is 5.32 Å². The number of aliphatic carboxylic acids is 1. The number of aryl methyl sites for hydroxylation is 2. The highest BCUT2D eigenvalue weighted by Crippen LogP contribution is 2.36. The first-order chi connectivity index (χ1) is 16.0. The molecule has 0 saturated heterocycles. The van der Waals surface area contributed by atoms with Crippen molar-refractivity contribution >= 4 is 34.4 Å². The molecule has 0 unspecified atom stereocenters. The number of carboxylic acids is 1.